The van der Waals surface area contributed by atoms with Crippen LogP contribution in [0.25, 0.3) is 5.57 Å². The Labute approximate surface area is 198 Å². The van der Waals surface area contributed by atoms with Crippen LogP contribution in [0, 0.1) is 0 Å². The summed E-state index contributed by atoms with van der Waals surface area (Å²) in [6, 6.07) is 15.6. The molecule has 0 aromatic heterocycles. The number of rotatable bonds is 4. The molecule has 2 amide bonds. The number of hydrogen-bond donors (Lipinski definition) is 0. The molecule has 0 saturated carbocycles. The Bertz CT molecular complexity index is 1110. The summed E-state index contributed by atoms with van der Waals surface area (Å²) in [5, 5.41) is 0. The van der Waals surface area contributed by atoms with Gasteiger partial charge in [-0.15, -0.1) is 0 Å². The molecule has 0 N–H and O–H groups in total. The zero-order chi connectivity index (χ0) is 21.5. The van der Waals surface area contributed by atoms with Gasteiger partial charge in [-0.1, -0.05) is 70.2 Å². The van der Waals surface area contributed by atoms with Crippen molar-refractivity contribution in [3.8, 4) is 0 Å². The van der Waals surface area contributed by atoms with Crippen LogP contribution in [0.3, 0.4) is 0 Å². The molecule has 1 atom stereocenters. The van der Waals surface area contributed by atoms with E-state index < -0.39 is 0 Å². The normalized spacial score (nSPS) is 23.3. The van der Waals surface area contributed by atoms with E-state index in [0.29, 0.717) is 27.9 Å². The van der Waals surface area contributed by atoms with Crippen molar-refractivity contribution in [3.05, 3.63) is 69.0 Å². The molecule has 2 aromatic carbocycles. The van der Waals surface area contributed by atoms with Gasteiger partial charge in [-0.2, -0.15) is 0 Å². The first-order chi connectivity index (χ1) is 15.0. The molecule has 0 spiro atoms. The number of halogens is 1. The monoisotopic (exact) mass is 514 g/mol. The van der Waals surface area contributed by atoms with Gasteiger partial charge in [-0.25, -0.2) is 0 Å². The van der Waals surface area contributed by atoms with E-state index in [-0.39, 0.29) is 17.9 Å². The van der Waals surface area contributed by atoms with E-state index in [0.717, 1.165) is 40.7 Å². The fourth-order valence-corrected chi connectivity index (χ4v) is 5.85. The van der Waals surface area contributed by atoms with Crippen LogP contribution in [-0.2, 0) is 20.9 Å². The number of nitrogens with zero attached hydrogens (tertiary/aromatic N) is 2. The van der Waals surface area contributed by atoms with Gasteiger partial charge in [0.15, 0.2) is 0 Å². The van der Waals surface area contributed by atoms with Gasteiger partial charge in [-0.3, -0.25) is 14.5 Å². The number of benzene rings is 2. The van der Waals surface area contributed by atoms with E-state index in [1.807, 2.05) is 48.5 Å². The molecule has 0 radical (unpaired) electrons. The van der Waals surface area contributed by atoms with Gasteiger partial charge in [-0.05, 0) is 36.6 Å². The van der Waals surface area contributed by atoms with Crippen molar-refractivity contribution in [1.82, 2.24) is 4.90 Å². The summed E-state index contributed by atoms with van der Waals surface area (Å²) < 4.78 is 7.02. The van der Waals surface area contributed by atoms with Gasteiger partial charge in [0.05, 0.1) is 35.4 Å². The van der Waals surface area contributed by atoms with Gasteiger partial charge >= 0.3 is 0 Å². The van der Waals surface area contributed by atoms with Gasteiger partial charge < -0.3 is 9.64 Å². The van der Waals surface area contributed by atoms with E-state index >= 15 is 0 Å². The molecular weight excluding hydrogens is 496 g/mol. The van der Waals surface area contributed by atoms with Crippen molar-refractivity contribution >= 4 is 67.3 Å². The van der Waals surface area contributed by atoms with Gasteiger partial charge in [0.1, 0.15) is 4.32 Å². The maximum atomic E-state index is 13.6. The zero-order valence-electron chi connectivity index (χ0n) is 16.5. The smallest absolute Gasteiger partial charge is 0.267 e. The van der Waals surface area contributed by atoms with Crippen LogP contribution in [0.5, 0.6) is 0 Å². The fourth-order valence-electron chi connectivity index (χ4n) is 4.14. The van der Waals surface area contributed by atoms with Crippen LogP contribution in [0.2, 0.25) is 0 Å². The number of fused-ring (bicyclic) bond motifs is 1. The maximum Gasteiger partial charge on any atom is 0.267 e. The molecule has 5 rings (SSSR count). The average Bonchev–Trinajstić information content (AvgIpc) is 3.44. The standard InChI is InChI=1S/C23H19BrN2O3S2/c24-15-8-9-18-17(11-15)19(21(27)25(18)12-14-5-2-1-3-6-14)20-22(28)26(23(30)31-20)13-16-7-4-10-29-16/h1-3,5-6,8-9,11,16H,4,7,10,12-13H2/b20-19-. The lowest BCUT2D eigenvalue weighted by Gasteiger charge is -2.18. The van der Waals surface area contributed by atoms with Crippen molar-refractivity contribution in [2.75, 3.05) is 18.1 Å². The molecule has 8 heteroatoms. The molecule has 2 fully saturated rings. The topological polar surface area (TPSA) is 49.9 Å². The molecule has 1 unspecified atom stereocenters. The third-order valence-electron chi connectivity index (χ3n) is 5.65. The Morgan fingerprint density at radius 2 is 1.90 bits per heavy atom. The minimum Gasteiger partial charge on any atom is -0.376 e. The van der Waals surface area contributed by atoms with Crippen LogP contribution >= 0.6 is 39.9 Å². The quantitative estimate of drug-likeness (QED) is 0.435. The highest BCUT2D eigenvalue weighted by atomic mass is 79.9. The molecule has 0 bridgehead atoms. The Morgan fingerprint density at radius 1 is 1.10 bits per heavy atom. The first-order valence-electron chi connectivity index (χ1n) is 10.1. The van der Waals surface area contributed by atoms with Gasteiger partial charge in [0, 0.05) is 16.6 Å². The maximum absolute atomic E-state index is 13.6. The molecule has 3 aliphatic heterocycles. The van der Waals surface area contributed by atoms with Crippen LogP contribution in [0.1, 0.15) is 24.0 Å². The van der Waals surface area contributed by atoms with Gasteiger partial charge in [0.25, 0.3) is 11.8 Å². The third-order valence-corrected chi connectivity index (χ3v) is 7.59. The number of carbonyl (C=O) groups excluding carboxylic acids is 2. The second kappa shape index (κ2) is 8.50. The summed E-state index contributed by atoms with van der Waals surface area (Å²) in [6.45, 7) is 1.59. The lowest BCUT2D eigenvalue weighted by molar-refractivity contribution is -0.123. The Kier molecular flexibility index (Phi) is 5.73. The average molecular weight is 515 g/mol. The lowest BCUT2D eigenvalue weighted by Crippen LogP contribution is -2.35. The molecule has 3 heterocycles. The van der Waals surface area contributed by atoms with Crippen LogP contribution in [0.4, 0.5) is 5.69 Å². The van der Waals surface area contributed by atoms with E-state index in [4.69, 9.17) is 17.0 Å². The first kappa shape index (κ1) is 20.9. The molecule has 158 valence electrons. The number of ether oxygens (including phenoxy) is 1. The lowest BCUT2D eigenvalue weighted by atomic mass is 10.1. The molecular formula is C23H19BrN2O3S2. The van der Waals surface area contributed by atoms with Crippen molar-refractivity contribution in [2.45, 2.75) is 25.5 Å². The number of thiocarbonyl (C=S) groups is 1. The summed E-state index contributed by atoms with van der Waals surface area (Å²) in [4.78, 5) is 30.6. The minimum atomic E-state index is -0.207. The van der Waals surface area contributed by atoms with E-state index in [9.17, 15) is 9.59 Å². The predicted molar refractivity (Wildman–Crippen MR) is 130 cm³/mol. The minimum absolute atomic E-state index is 0.00198. The highest BCUT2D eigenvalue weighted by Gasteiger charge is 2.42. The highest BCUT2D eigenvalue weighted by molar-refractivity contribution is 9.10. The van der Waals surface area contributed by atoms with E-state index in [1.165, 1.54) is 11.8 Å². The van der Waals surface area contributed by atoms with E-state index in [1.54, 1.807) is 9.80 Å². The Morgan fingerprint density at radius 3 is 2.65 bits per heavy atom. The molecule has 2 saturated heterocycles. The van der Waals surface area contributed by atoms with E-state index in [2.05, 4.69) is 15.9 Å². The summed E-state index contributed by atoms with van der Waals surface area (Å²) in [6.07, 6.45) is 1.92. The van der Waals surface area contributed by atoms with Crippen LogP contribution < -0.4 is 4.90 Å². The SMILES string of the molecule is O=C1/C(=C2/C(=O)N(Cc3ccccc3)c3ccc(Br)cc32)SC(=S)N1CC1CCCO1. The fraction of sp³-hybridized carbons (Fsp3) is 0.261. The summed E-state index contributed by atoms with van der Waals surface area (Å²) >= 11 is 10.2. The summed E-state index contributed by atoms with van der Waals surface area (Å²) in [7, 11) is 0. The largest absolute Gasteiger partial charge is 0.376 e. The molecule has 2 aromatic rings. The number of thioether (sulfide) groups is 1. The number of hydrogen-bond acceptors (Lipinski definition) is 5. The molecule has 5 nitrogen and oxygen atoms in total. The predicted octanol–water partition coefficient (Wildman–Crippen LogP) is 4.75. The second-order valence-electron chi connectivity index (χ2n) is 7.66. The Hall–Kier alpha value is -2.00. The van der Waals surface area contributed by atoms with Crippen molar-refractivity contribution in [1.29, 1.82) is 0 Å². The molecule has 3 aliphatic rings. The van der Waals surface area contributed by atoms with Crippen LogP contribution in [0.15, 0.2) is 57.9 Å². The molecule has 31 heavy (non-hydrogen) atoms. The zero-order valence-corrected chi connectivity index (χ0v) is 19.8. The number of anilines is 1. The number of carbonyl (C=O) groups is 2. The van der Waals surface area contributed by atoms with Crippen molar-refractivity contribution in [3.63, 3.8) is 0 Å². The number of amides is 2. The highest BCUT2D eigenvalue weighted by Crippen LogP contribution is 2.46. The second-order valence-corrected chi connectivity index (χ2v) is 10.2. The van der Waals surface area contributed by atoms with Crippen molar-refractivity contribution < 1.29 is 14.3 Å². The van der Waals surface area contributed by atoms with Crippen LogP contribution in [-0.4, -0.2) is 40.3 Å². The van der Waals surface area contributed by atoms with Crippen molar-refractivity contribution in [2.24, 2.45) is 0 Å². The summed E-state index contributed by atoms with van der Waals surface area (Å²) in [5.41, 5.74) is 3.01. The first-order valence-corrected chi connectivity index (χ1v) is 12.1. The Balaban J connectivity index is 1.53. The third kappa shape index (κ3) is 3.86. The van der Waals surface area contributed by atoms with Gasteiger partial charge in [0.2, 0.25) is 0 Å². The molecule has 0 aliphatic carbocycles. The summed E-state index contributed by atoms with van der Waals surface area (Å²) in [5.74, 6) is -0.379.